The summed E-state index contributed by atoms with van der Waals surface area (Å²) in [4.78, 5) is 15.4. The molecule has 7 heteroatoms. The van der Waals surface area contributed by atoms with Crippen LogP contribution >= 0.6 is 0 Å². The molecule has 1 amide bonds. The Morgan fingerprint density at radius 2 is 1.86 bits per heavy atom. The van der Waals surface area contributed by atoms with Crippen molar-refractivity contribution in [3.05, 3.63) is 29.3 Å². The quantitative estimate of drug-likeness (QED) is 0.786. The van der Waals surface area contributed by atoms with Crippen molar-refractivity contribution in [1.82, 2.24) is 14.5 Å². The molecular weight excluding hydrogens is 374 g/mol. The summed E-state index contributed by atoms with van der Waals surface area (Å²) in [5.74, 6) is -0.0199. The van der Waals surface area contributed by atoms with Crippen LogP contribution in [0.4, 0.5) is 0 Å². The predicted molar refractivity (Wildman–Crippen MR) is 111 cm³/mol. The van der Waals surface area contributed by atoms with Gasteiger partial charge >= 0.3 is 0 Å². The minimum atomic E-state index is -3.50. The SMILES string of the molecule is CCN1CCCC1CNC(=O)C1CCN(S(=O)(=O)c2ccc(C)cc2C)CC1. The number of likely N-dealkylation sites (N-methyl/N-ethyl adjacent to an activating group) is 1. The molecule has 0 saturated carbocycles. The monoisotopic (exact) mass is 407 g/mol. The molecule has 1 aromatic rings. The van der Waals surface area contributed by atoms with Gasteiger partial charge < -0.3 is 5.32 Å². The molecule has 2 aliphatic heterocycles. The second-order valence-corrected chi connectivity index (χ2v) is 10.0. The van der Waals surface area contributed by atoms with Crippen LogP contribution in [0.3, 0.4) is 0 Å². The third kappa shape index (κ3) is 4.58. The van der Waals surface area contributed by atoms with Crippen molar-refractivity contribution in [2.24, 2.45) is 5.92 Å². The lowest BCUT2D eigenvalue weighted by atomic mass is 9.97. The lowest BCUT2D eigenvalue weighted by Gasteiger charge is -2.31. The van der Waals surface area contributed by atoms with E-state index in [1.807, 2.05) is 26.0 Å². The number of nitrogens with one attached hydrogen (secondary N) is 1. The number of benzene rings is 1. The van der Waals surface area contributed by atoms with Gasteiger partial charge in [0.25, 0.3) is 0 Å². The van der Waals surface area contributed by atoms with Crippen LogP contribution in [-0.4, -0.2) is 62.3 Å². The lowest BCUT2D eigenvalue weighted by Crippen LogP contribution is -2.46. The fourth-order valence-electron chi connectivity index (χ4n) is 4.49. The van der Waals surface area contributed by atoms with Gasteiger partial charge in [-0.2, -0.15) is 4.31 Å². The fraction of sp³-hybridized carbons (Fsp3) is 0.667. The van der Waals surface area contributed by atoms with Crippen molar-refractivity contribution in [3.8, 4) is 0 Å². The number of rotatable bonds is 6. The normalized spacial score (nSPS) is 22.5. The Morgan fingerprint density at radius 1 is 1.14 bits per heavy atom. The minimum Gasteiger partial charge on any atom is -0.354 e. The van der Waals surface area contributed by atoms with Gasteiger partial charge in [0.2, 0.25) is 15.9 Å². The zero-order valence-corrected chi connectivity index (χ0v) is 18.1. The topological polar surface area (TPSA) is 69.7 Å². The largest absolute Gasteiger partial charge is 0.354 e. The molecule has 1 aromatic carbocycles. The van der Waals surface area contributed by atoms with Crippen molar-refractivity contribution in [3.63, 3.8) is 0 Å². The molecule has 28 heavy (non-hydrogen) atoms. The first-order valence-electron chi connectivity index (χ1n) is 10.4. The van der Waals surface area contributed by atoms with E-state index in [9.17, 15) is 13.2 Å². The number of sulfonamides is 1. The van der Waals surface area contributed by atoms with Gasteiger partial charge in [-0.1, -0.05) is 24.6 Å². The number of carbonyl (C=O) groups excluding carboxylic acids is 1. The second-order valence-electron chi connectivity index (χ2n) is 8.12. The molecule has 3 rings (SSSR count). The molecule has 2 fully saturated rings. The molecule has 6 nitrogen and oxygen atoms in total. The Labute approximate surface area is 169 Å². The first-order valence-corrected chi connectivity index (χ1v) is 11.9. The first-order chi connectivity index (χ1) is 13.3. The van der Waals surface area contributed by atoms with E-state index in [0.717, 1.165) is 30.6 Å². The summed E-state index contributed by atoms with van der Waals surface area (Å²) in [6, 6.07) is 5.87. The van der Waals surface area contributed by atoms with Crippen molar-refractivity contribution in [2.75, 3.05) is 32.7 Å². The molecular formula is C21H33N3O3S. The summed E-state index contributed by atoms with van der Waals surface area (Å²) in [6.07, 6.45) is 3.50. The van der Waals surface area contributed by atoms with E-state index in [-0.39, 0.29) is 11.8 Å². The molecule has 1 atom stereocenters. The van der Waals surface area contributed by atoms with Gasteiger partial charge in [0.1, 0.15) is 0 Å². The summed E-state index contributed by atoms with van der Waals surface area (Å²) in [6.45, 7) is 9.60. The lowest BCUT2D eigenvalue weighted by molar-refractivity contribution is -0.126. The number of amides is 1. The standard InChI is InChI=1S/C21H33N3O3S/c1-4-23-11-5-6-19(23)15-22-21(25)18-9-12-24(13-10-18)28(26,27)20-8-7-16(2)14-17(20)3/h7-8,14,18-19H,4-6,9-13,15H2,1-3H3,(H,22,25). The number of carbonyl (C=O) groups is 1. The van der Waals surface area contributed by atoms with Crippen LogP contribution in [0.1, 0.15) is 43.7 Å². The molecule has 156 valence electrons. The summed E-state index contributed by atoms with van der Waals surface area (Å²) in [7, 11) is -3.50. The van der Waals surface area contributed by atoms with Gasteiger partial charge in [-0.05, 0) is 64.3 Å². The third-order valence-corrected chi connectivity index (χ3v) is 8.25. The number of piperidine rings is 1. The van der Waals surface area contributed by atoms with Gasteiger partial charge in [0.05, 0.1) is 4.90 Å². The number of aryl methyl sites for hydroxylation is 2. The van der Waals surface area contributed by atoms with Crippen molar-refractivity contribution < 1.29 is 13.2 Å². The van der Waals surface area contributed by atoms with E-state index < -0.39 is 10.0 Å². The van der Waals surface area contributed by atoms with Crippen molar-refractivity contribution >= 4 is 15.9 Å². The number of hydrogen-bond acceptors (Lipinski definition) is 4. The predicted octanol–water partition coefficient (Wildman–Crippen LogP) is 2.30. The fourth-order valence-corrected chi connectivity index (χ4v) is 6.17. The second kappa shape index (κ2) is 8.93. The van der Waals surface area contributed by atoms with Gasteiger partial charge in [-0.25, -0.2) is 8.42 Å². The van der Waals surface area contributed by atoms with Crippen molar-refractivity contribution in [1.29, 1.82) is 0 Å². The first kappa shape index (κ1) is 21.3. The highest BCUT2D eigenvalue weighted by atomic mass is 32.2. The highest BCUT2D eigenvalue weighted by Crippen LogP contribution is 2.26. The van der Waals surface area contributed by atoms with Crippen molar-refractivity contribution in [2.45, 2.75) is 57.4 Å². The Kier molecular flexibility index (Phi) is 6.78. The highest BCUT2D eigenvalue weighted by molar-refractivity contribution is 7.89. The number of nitrogens with zero attached hydrogens (tertiary/aromatic N) is 2. The number of likely N-dealkylation sites (tertiary alicyclic amines) is 1. The molecule has 2 aliphatic rings. The smallest absolute Gasteiger partial charge is 0.243 e. The van der Waals surface area contributed by atoms with E-state index in [4.69, 9.17) is 0 Å². The Bertz CT molecular complexity index is 801. The molecule has 1 N–H and O–H groups in total. The zero-order chi connectivity index (χ0) is 20.3. The zero-order valence-electron chi connectivity index (χ0n) is 17.3. The van der Waals surface area contributed by atoms with Crippen LogP contribution in [0, 0.1) is 19.8 Å². The maximum absolute atomic E-state index is 13.0. The average Bonchev–Trinajstić information content (AvgIpc) is 3.13. The maximum atomic E-state index is 13.0. The molecule has 1 unspecified atom stereocenters. The van der Waals surface area contributed by atoms with Crippen LogP contribution in [0.15, 0.2) is 23.1 Å². The molecule has 0 aliphatic carbocycles. The number of hydrogen-bond donors (Lipinski definition) is 1. The van der Waals surface area contributed by atoms with Crippen LogP contribution in [-0.2, 0) is 14.8 Å². The van der Waals surface area contributed by atoms with Gasteiger partial charge in [0.15, 0.2) is 0 Å². The molecule has 2 saturated heterocycles. The van der Waals surface area contributed by atoms with Gasteiger partial charge in [0, 0.05) is 31.6 Å². The van der Waals surface area contributed by atoms with E-state index >= 15 is 0 Å². The summed E-state index contributed by atoms with van der Waals surface area (Å²) < 4.78 is 27.5. The molecule has 0 aromatic heterocycles. The van der Waals surface area contributed by atoms with Crippen LogP contribution in [0.2, 0.25) is 0 Å². The molecule has 0 spiro atoms. The van der Waals surface area contributed by atoms with E-state index in [1.54, 1.807) is 6.07 Å². The summed E-state index contributed by atoms with van der Waals surface area (Å²) in [5.41, 5.74) is 1.83. The van der Waals surface area contributed by atoms with E-state index in [1.165, 1.54) is 10.7 Å². The Balaban J connectivity index is 1.54. The van der Waals surface area contributed by atoms with E-state index in [0.29, 0.717) is 43.4 Å². The van der Waals surface area contributed by atoms with Crippen LogP contribution in [0.5, 0.6) is 0 Å². The van der Waals surface area contributed by atoms with Crippen LogP contribution < -0.4 is 5.32 Å². The summed E-state index contributed by atoms with van der Waals surface area (Å²) in [5, 5.41) is 3.11. The average molecular weight is 408 g/mol. The molecule has 2 heterocycles. The van der Waals surface area contributed by atoms with Gasteiger partial charge in [-0.15, -0.1) is 0 Å². The van der Waals surface area contributed by atoms with Gasteiger partial charge in [-0.3, -0.25) is 9.69 Å². The Hall–Kier alpha value is -1.44. The maximum Gasteiger partial charge on any atom is 0.243 e. The molecule has 0 radical (unpaired) electrons. The Morgan fingerprint density at radius 3 is 2.50 bits per heavy atom. The third-order valence-electron chi connectivity index (χ3n) is 6.19. The summed E-state index contributed by atoms with van der Waals surface area (Å²) >= 11 is 0. The van der Waals surface area contributed by atoms with Crippen LogP contribution in [0.25, 0.3) is 0 Å². The minimum absolute atomic E-state index is 0.0755. The highest BCUT2D eigenvalue weighted by Gasteiger charge is 2.33. The van der Waals surface area contributed by atoms with E-state index in [2.05, 4.69) is 17.1 Å². The molecule has 0 bridgehead atoms.